The summed E-state index contributed by atoms with van der Waals surface area (Å²) in [6.07, 6.45) is 1.19. The summed E-state index contributed by atoms with van der Waals surface area (Å²) in [6, 6.07) is 9.75. The van der Waals surface area contributed by atoms with Crippen molar-refractivity contribution in [3.63, 3.8) is 0 Å². The standard InChI is InChI=1S/C15H17N5O2S.H4N2/c1-20-12-6-5-9(7-10(12)8-16)11-3-2-4-13(23(19,21)22)14(11)15(17)18;1-2/h2-8,16,20H,1H3,(H3,17,18)(H2,19,21,22);1-2H2. The number of rotatable bonds is 5. The van der Waals surface area contributed by atoms with E-state index >= 15 is 0 Å². The fourth-order valence-corrected chi connectivity index (χ4v) is 3.14. The van der Waals surface area contributed by atoms with Gasteiger partial charge in [-0.2, -0.15) is 0 Å². The molecule has 0 amide bonds. The molecule has 134 valence electrons. The van der Waals surface area contributed by atoms with Gasteiger partial charge in [0.2, 0.25) is 10.0 Å². The van der Waals surface area contributed by atoms with Crippen LogP contribution in [0.2, 0.25) is 0 Å². The number of nitrogen functional groups attached to an aromatic ring is 1. The first-order valence-electron chi connectivity index (χ1n) is 6.95. The summed E-state index contributed by atoms with van der Waals surface area (Å²) in [6.45, 7) is 0. The van der Waals surface area contributed by atoms with E-state index in [-0.39, 0.29) is 10.5 Å². The Hall–Kier alpha value is -2.79. The lowest BCUT2D eigenvalue weighted by molar-refractivity contribution is 0.597. The van der Waals surface area contributed by atoms with Crippen molar-refractivity contribution in [3.8, 4) is 11.1 Å². The Bertz CT molecular complexity index is 895. The molecule has 2 rings (SSSR count). The smallest absolute Gasteiger partial charge is 0.238 e. The first-order valence-corrected chi connectivity index (χ1v) is 8.50. The molecule has 0 aromatic heterocycles. The van der Waals surface area contributed by atoms with Gasteiger partial charge in [-0.05, 0) is 29.3 Å². The number of amidine groups is 1. The van der Waals surface area contributed by atoms with Gasteiger partial charge in [0, 0.05) is 30.1 Å². The summed E-state index contributed by atoms with van der Waals surface area (Å²) in [5.41, 5.74) is 8.13. The van der Waals surface area contributed by atoms with Crippen LogP contribution in [0.15, 0.2) is 41.3 Å². The van der Waals surface area contributed by atoms with Crippen molar-refractivity contribution >= 4 is 27.8 Å². The Morgan fingerprint density at radius 2 is 1.84 bits per heavy atom. The quantitative estimate of drug-likeness (QED) is 0.170. The minimum atomic E-state index is -4.02. The molecule has 9 nitrogen and oxygen atoms in total. The molecule has 2 aromatic carbocycles. The third kappa shape index (κ3) is 4.39. The Kier molecular flexibility index (Phi) is 6.77. The molecule has 0 saturated carbocycles. The van der Waals surface area contributed by atoms with E-state index < -0.39 is 15.9 Å². The van der Waals surface area contributed by atoms with Gasteiger partial charge in [-0.15, -0.1) is 0 Å². The molecule has 2 aromatic rings. The molecule has 25 heavy (non-hydrogen) atoms. The van der Waals surface area contributed by atoms with Gasteiger partial charge < -0.3 is 16.5 Å². The van der Waals surface area contributed by atoms with Gasteiger partial charge in [0.05, 0.1) is 4.90 Å². The second-order valence-electron chi connectivity index (χ2n) is 4.83. The van der Waals surface area contributed by atoms with Gasteiger partial charge in [0.25, 0.3) is 0 Å². The molecular formula is C15H21N7O2S. The Morgan fingerprint density at radius 1 is 1.20 bits per heavy atom. The van der Waals surface area contributed by atoms with Crippen LogP contribution in [0, 0.1) is 10.8 Å². The number of nitrogens with two attached hydrogens (primary N) is 4. The lowest BCUT2D eigenvalue weighted by atomic mass is 9.97. The highest BCUT2D eigenvalue weighted by atomic mass is 32.2. The topological polar surface area (TPSA) is 198 Å². The number of hydrogen-bond donors (Lipinski definition) is 7. The monoisotopic (exact) mass is 363 g/mol. The second kappa shape index (κ2) is 8.35. The van der Waals surface area contributed by atoms with Crippen molar-refractivity contribution in [2.45, 2.75) is 4.90 Å². The zero-order chi connectivity index (χ0) is 19.2. The van der Waals surface area contributed by atoms with Crippen LogP contribution < -0.4 is 27.9 Å². The molecule has 0 heterocycles. The van der Waals surface area contributed by atoms with Gasteiger partial charge in [0.15, 0.2) is 0 Å². The minimum Gasteiger partial charge on any atom is -0.388 e. The van der Waals surface area contributed by atoms with Crippen LogP contribution in [0.1, 0.15) is 11.1 Å². The molecule has 10 heteroatoms. The number of primary sulfonamides is 1. The average Bonchev–Trinajstić information content (AvgIpc) is 2.61. The zero-order valence-electron chi connectivity index (χ0n) is 13.6. The third-order valence-corrected chi connectivity index (χ3v) is 4.34. The van der Waals surface area contributed by atoms with Gasteiger partial charge in [-0.1, -0.05) is 18.2 Å². The van der Waals surface area contributed by atoms with Gasteiger partial charge in [0.1, 0.15) is 5.84 Å². The molecule has 0 bridgehead atoms. The van der Waals surface area contributed by atoms with Gasteiger partial charge in [-0.3, -0.25) is 17.1 Å². The predicted octanol–water partition coefficient (Wildman–Crippen LogP) is 0.143. The number of hydrogen-bond acceptors (Lipinski definition) is 7. The van der Waals surface area contributed by atoms with E-state index in [0.717, 1.165) is 5.69 Å². The van der Waals surface area contributed by atoms with Crippen molar-refractivity contribution in [2.24, 2.45) is 22.6 Å². The summed E-state index contributed by atoms with van der Waals surface area (Å²) in [5.74, 6) is 7.61. The molecule has 11 N–H and O–H groups in total. The number of benzene rings is 2. The summed E-state index contributed by atoms with van der Waals surface area (Å²) in [4.78, 5) is -0.198. The molecule has 0 spiro atoms. The number of anilines is 1. The molecule has 0 radical (unpaired) electrons. The van der Waals surface area contributed by atoms with Crippen LogP contribution in [0.3, 0.4) is 0 Å². The van der Waals surface area contributed by atoms with E-state index in [2.05, 4.69) is 17.0 Å². The van der Waals surface area contributed by atoms with E-state index in [1.807, 2.05) is 0 Å². The van der Waals surface area contributed by atoms with Crippen LogP contribution in [-0.4, -0.2) is 27.5 Å². The van der Waals surface area contributed by atoms with E-state index in [9.17, 15) is 8.42 Å². The van der Waals surface area contributed by atoms with Crippen LogP contribution in [-0.2, 0) is 10.0 Å². The first kappa shape index (κ1) is 20.3. The van der Waals surface area contributed by atoms with E-state index in [1.165, 1.54) is 18.3 Å². The van der Waals surface area contributed by atoms with E-state index in [1.54, 1.807) is 31.3 Å². The van der Waals surface area contributed by atoms with Crippen LogP contribution in [0.25, 0.3) is 11.1 Å². The molecule has 0 aliphatic rings. The van der Waals surface area contributed by atoms with Crippen LogP contribution in [0.4, 0.5) is 5.69 Å². The molecular weight excluding hydrogens is 342 g/mol. The highest BCUT2D eigenvalue weighted by Crippen LogP contribution is 2.30. The average molecular weight is 363 g/mol. The highest BCUT2D eigenvalue weighted by molar-refractivity contribution is 7.89. The fraction of sp³-hybridized carbons (Fsp3) is 0.0667. The minimum absolute atomic E-state index is 0.0585. The van der Waals surface area contributed by atoms with E-state index in [0.29, 0.717) is 16.7 Å². The molecule has 0 fully saturated rings. The maximum Gasteiger partial charge on any atom is 0.238 e. The summed E-state index contributed by atoms with van der Waals surface area (Å²) >= 11 is 0. The summed E-state index contributed by atoms with van der Waals surface area (Å²) in [5, 5.41) is 23.4. The number of sulfonamides is 1. The number of hydrazine groups is 1. The molecule has 0 saturated heterocycles. The van der Waals surface area contributed by atoms with Gasteiger partial charge in [-0.25, -0.2) is 13.6 Å². The normalized spacial score (nSPS) is 10.4. The predicted molar refractivity (Wildman–Crippen MR) is 100 cm³/mol. The lowest BCUT2D eigenvalue weighted by Crippen LogP contribution is -2.21. The molecule has 0 atom stereocenters. The molecule has 0 aliphatic heterocycles. The first-order chi connectivity index (χ1) is 11.8. The molecule has 0 aliphatic carbocycles. The molecule has 0 unspecified atom stereocenters. The van der Waals surface area contributed by atoms with Crippen molar-refractivity contribution in [1.82, 2.24) is 0 Å². The summed E-state index contributed by atoms with van der Waals surface area (Å²) < 4.78 is 23.5. The largest absolute Gasteiger partial charge is 0.388 e. The van der Waals surface area contributed by atoms with Gasteiger partial charge >= 0.3 is 0 Å². The van der Waals surface area contributed by atoms with Crippen molar-refractivity contribution in [3.05, 3.63) is 47.5 Å². The SMILES string of the molecule is CNc1ccc(-c2cccc(S(N)(=O)=O)c2C(=N)N)cc1C=N.NN. The van der Waals surface area contributed by atoms with Crippen LogP contribution >= 0.6 is 0 Å². The Labute approximate surface area is 146 Å². The maximum atomic E-state index is 11.7. The lowest BCUT2D eigenvalue weighted by Gasteiger charge is -2.14. The Balaban J connectivity index is 0.00000151. The summed E-state index contributed by atoms with van der Waals surface area (Å²) in [7, 11) is -2.27. The van der Waals surface area contributed by atoms with Crippen molar-refractivity contribution in [2.75, 3.05) is 12.4 Å². The third-order valence-electron chi connectivity index (χ3n) is 3.39. The fourth-order valence-electron chi connectivity index (χ4n) is 2.36. The van der Waals surface area contributed by atoms with Crippen molar-refractivity contribution < 1.29 is 8.42 Å². The van der Waals surface area contributed by atoms with Crippen molar-refractivity contribution in [1.29, 1.82) is 10.8 Å². The highest BCUT2D eigenvalue weighted by Gasteiger charge is 2.20. The van der Waals surface area contributed by atoms with E-state index in [4.69, 9.17) is 21.7 Å². The number of nitrogens with one attached hydrogen (secondary N) is 3. The zero-order valence-corrected chi connectivity index (χ0v) is 14.4. The Morgan fingerprint density at radius 3 is 2.32 bits per heavy atom. The van der Waals surface area contributed by atoms with Crippen LogP contribution in [0.5, 0.6) is 0 Å². The maximum absolute atomic E-state index is 11.7. The second-order valence-corrected chi connectivity index (χ2v) is 6.36.